The fourth-order valence-electron chi connectivity index (χ4n) is 3.43. The van der Waals surface area contributed by atoms with E-state index in [0.29, 0.717) is 17.2 Å². The van der Waals surface area contributed by atoms with Crippen molar-refractivity contribution in [1.29, 1.82) is 0 Å². The molecule has 0 aliphatic carbocycles. The molecule has 0 spiro atoms. The second-order valence-corrected chi connectivity index (χ2v) is 6.76. The Morgan fingerprint density at radius 2 is 1.24 bits per heavy atom. The molecular formula is C24H27NO4. The van der Waals surface area contributed by atoms with E-state index >= 15 is 0 Å². The first-order valence-electron chi connectivity index (χ1n) is 9.36. The van der Waals surface area contributed by atoms with Crippen molar-refractivity contribution >= 4 is 5.69 Å². The normalized spacial score (nSPS) is 11.6. The van der Waals surface area contributed by atoms with E-state index in [1.54, 1.807) is 28.4 Å². The molecule has 3 rings (SSSR count). The fraction of sp³-hybridized carbons (Fsp3) is 0.250. The summed E-state index contributed by atoms with van der Waals surface area (Å²) in [6.45, 7) is 2.15. The molecule has 0 saturated heterocycles. The molecule has 0 aromatic heterocycles. The summed E-state index contributed by atoms with van der Waals surface area (Å²) in [7, 11) is 6.53. The van der Waals surface area contributed by atoms with Crippen LogP contribution in [0.1, 0.15) is 24.0 Å². The zero-order valence-corrected chi connectivity index (χ0v) is 17.5. The minimum atomic E-state index is 0.0992. The van der Waals surface area contributed by atoms with Crippen molar-refractivity contribution in [2.75, 3.05) is 34.2 Å². The zero-order valence-electron chi connectivity index (χ0n) is 17.5. The average molecular weight is 393 g/mol. The van der Waals surface area contributed by atoms with E-state index in [9.17, 15) is 0 Å². The van der Waals surface area contributed by atoms with Gasteiger partial charge in [0.25, 0.3) is 0 Å². The van der Waals surface area contributed by atoms with E-state index in [-0.39, 0.29) is 5.92 Å². The summed E-state index contributed by atoms with van der Waals surface area (Å²) < 4.78 is 22.0. The van der Waals surface area contributed by atoms with E-state index in [1.807, 2.05) is 42.5 Å². The molecule has 0 aliphatic rings. The highest BCUT2D eigenvalue weighted by Gasteiger charge is 2.19. The van der Waals surface area contributed by atoms with Crippen LogP contribution >= 0.6 is 0 Å². The Morgan fingerprint density at radius 3 is 1.76 bits per heavy atom. The van der Waals surface area contributed by atoms with Crippen molar-refractivity contribution in [2.24, 2.45) is 0 Å². The Balaban J connectivity index is 2.07. The molecule has 3 aromatic rings. The van der Waals surface area contributed by atoms with Gasteiger partial charge < -0.3 is 24.7 Å². The SMILES string of the molecule is COc1ccc(C(C)c2cc(OC)c(OC)c(OC)c2)cc1-c1ccc(N)cc1. The van der Waals surface area contributed by atoms with Gasteiger partial charge >= 0.3 is 0 Å². The molecule has 3 aromatic carbocycles. The number of anilines is 1. The third-order valence-electron chi connectivity index (χ3n) is 5.13. The number of methoxy groups -OCH3 is 4. The van der Waals surface area contributed by atoms with Crippen LogP contribution in [0.25, 0.3) is 11.1 Å². The Hall–Kier alpha value is -3.34. The lowest BCUT2D eigenvalue weighted by Crippen LogP contribution is -2.01. The average Bonchev–Trinajstić information content (AvgIpc) is 2.77. The molecule has 0 radical (unpaired) electrons. The van der Waals surface area contributed by atoms with Gasteiger partial charge in [0.15, 0.2) is 11.5 Å². The van der Waals surface area contributed by atoms with Crippen molar-refractivity contribution in [2.45, 2.75) is 12.8 Å². The molecule has 5 heteroatoms. The van der Waals surface area contributed by atoms with E-state index in [1.165, 1.54) is 0 Å². The highest BCUT2D eigenvalue weighted by Crippen LogP contribution is 2.42. The first kappa shape index (κ1) is 20.4. The lowest BCUT2D eigenvalue weighted by Gasteiger charge is -2.19. The number of nitrogen functional groups attached to an aromatic ring is 1. The minimum Gasteiger partial charge on any atom is -0.496 e. The van der Waals surface area contributed by atoms with Crippen LogP contribution in [0.5, 0.6) is 23.0 Å². The third-order valence-corrected chi connectivity index (χ3v) is 5.13. The van der Waals surface area contributed by atoms with E-state index in [4.69, 9.17) is 24.7 Å². The van der Waals surface area contributed by atoms with Gasteiger partial charge in [-0.2, -0.15) is 0 Å². The quantitative estimate of drug-likeness (QED) is 0.564. The topological polar surface area (TPSA) is 62.9 Å². The summed E-state index contributed by atoms with van der Waals surface area (Å²) >= 11 is 0. The van der Waals surface area contributed by atoms with Crippen molar-refractivity contribution in [1.82, 2.24) is 0 Å². The molecule has 1 atom stereocenters. The Labute approximate surface area is 172 Å². The first-order chi connectivity index (χ1) is 14.0. The molecule has 1 unspecified atom stereocenters. The van der Waals surface area contributed by atoms with Crippen LogP contribution in [-0.2, 0) is 0 Å². The number of ether oxygens (including phenoxy) is 4. The predicted octanol–water partition coefficient (Wildman–Crippen LogP) is 5.12. The Kier molecular flexibility index (Phi) is 6.17. The molecule has 0 aliphatic heterocycles. The molecule has 29 heavy (non-hydrogen) atoms. The number of hydrogen-bond acceptors (Lipinski definition) is 5. The Bertz CT molecular complexity index is 958. The number of nitrogens with two attached hydrogens (primary N) is 1. The van der Waals surface area contributed by atoms with Gasteiger partial charge in [-0.15, -0.1) is 0 Å². The van der Waals surface area contributed by atoms with Gasteiger partial charge in [-0.3, -0.25) is 0 Å². The van der Waals surface area contributed by atoms with Crippen LogP contribution in [0.3, 0.4) is 0 Å². The molecule has 0 bridgehead atoms. The Morgan fingerprint density at radius 1 is 0.655 bits per heavy atom. The molecule has 0 saturated carbocycles. The van der Waals surface area contributed by atoms with Gasteiger partial charge in [-0.05, 0) is 53.1 Å². The van der Waals surface area contributed by atoms with Gasteiger partial charge in [0.1, 0.15) is 5.75 Å². The van der Waals surface area contributed by atoms with E-state index in [2.05, 4.69) is 19.1 Å². The van der Waals surface area contributed by atoms with Crippen molar-refractivity contribution in [3.05, 3.63) is 65.7 Å². The summed E-state index contributed by atoms with van der Waals surface area (Å²) in [4.78, 5) is 0. The number of hydrogen-bond donors (Lipinski definition) is 1. The van der Waals surface area contributed by atoms with Crippen LogP contribution in [-0.4, -0.2) is 28.4 Å². The maximum absolute atomic E-state index is 5.84. The van der Waals surface area contributed by atoms with E-state index in [0.717, 1.165) is 33.7 Å². The monoisotopic (exact) mass is 393 g/mol. The molecule has 5 nitrogen and oxygen atoms in total. The second kappa shape index (κ2) is 8.78. The van der Waals surface area contributed by atoms with Gasteiger partial charge in [0.05, 0.1) is 28.4 Å². The summed E-state index contributed by atoms with van der Waals surface area (Å²) in [5.74, 6) is 2.78. The predicted molar refractivity (Wildman–Crippen MR) is 116 cm³/mol. The number of rotatable bonds is 7. The standard InChI is InChI=1S/C24H27NO4/c1-15(18-13-22(27-3)24(29-5)23(14-18)28-4)17-8-11-21(26-2)20(12-17)16-6-9-19(25)10-7-16/h6-15H,25H2,1-5H3. The van der Waals surface area contributed by atoms with Gasteiger partial charge in [0, 0.05) is 17.2 Å². The number of benzene rings is 3. The molecule has 152 valence electrons. The van der Waals surface area contributed by atoms with Gasteiger partial charge in [0.2, 0.25) is 5.75 Å². The molecule has 0 heterocycles. The summed E-state index contributed by atoms with van der Waals surface area (Å²) in [6.07, 6.45) is 0. The van der Waals surface area contributed by atoms with Crippen LogP contribution in [0.4, 0.5) is 5.69 Å². The maximum atomic E-state index is 5.84. The van der Waals surface area contributed by atoms with Crippen LogP contribution in [0.2, 0.25) is 0 Å². The van der Waals surface area contributed by atoms with Gasteiger partial charge in [-0.1, -0.05) is 25.1 Å². The van der Waals surface area contributed by atoms with Crippen LogP contribution in [0, 0.1) is 0 Å². The highest BCUT2D eigenvalue weighted by atomic mass is 16.5. The smallest absolute Gasteiger partial charge is 0.203 e. The second-order valence-electron chi connectivity index (χ2n) is 6.76. The molecule has 2 N–H and O–H groups in total. The van der Waals surface area contributed by atoms with Crippen molar-refractivity contribution in [3.63, 3.8) is 0 Å². The summed E-state index contributed by atoms with van der Waals surface area (Å²) in [5.41, 5.74) is 10.9. The van der Waals surface area contributed by atoms with Gasteiger partial charge in [-0.25, -0.2) is 0 Å². The minimum absolute atomic E-state index is 0.0992. The fourth-order valence-corrected chi connectivity index (χ4v) is 3.43. The van der Waals surface area contributed by atoms with E-state index < -0.39 is 0 Å². The summed E-state index contributed by atoms with van der Waals surface area (Å²) in [5, 5.41) is 0. The summed E-state index contributed by atoms with van der Waals surface area (Å²) in [6, 6.07) is 18.0. The lowest BCUT2D eigenvalue weighted by molar-refractivity contribution is 0.323. The zero-order chi connectivity index (χ0) is 21.0. The lowest BCUT2D eigenvalue weighted by atomic mass is 9.90. The molecule has 0 amide bonds. The van der Waals surface area contributed by atoms with Crippen LogP contribution < -0.4 is 24.7 Å². The largest absolute Gasteiger partial charge is 0.496 e. The third kappa shape index (κ3) is 4.09. The van der Waals surface area contributed by atoms with Crippen molar-refractivity contribution in [3.8, 4) is 34.1 Å². The molecule has 0 fully saturated rings. The first-order valence-corrected chi connectivity index (χ1v) is 9.36. The van der Waals surface area contributed by atoms with Crippen molar-refractivity contribution < 1.29 is 18.9 Å². The molecular weight excluding hydrogens is 366 g/mol. The highest BCUT2D eigenvalue weighted by molar-refractivity contribution is 5.73. The maximum Gasteiger partial charge on any atom is 0.203 e. The van der Waals surface area contributed by atoms with Crippen LogP contribution in [0.15, 0.2) is 54.6 Å².